The molecule has 0 spiro atoms. The highest BCUT2D eigenvalue weighted by molar-refractivity contribution is 5.76. The van der Waals surface area contributed by atoms with Crippen LogP contribution in [0.4, 0.5) is 0 Å². The van der Waals surface area contributed by atoms with Crippen LogP contribution in [0, 0.1) is 0 Å². The number of hydrogen-bond acceptors (Lipinski definition) is 8. The number of allylic oxidation sites excluding steroid dienone is 7. The quantitative estimate of drug-likeness (QED) is 0.0261. The highest BCUT2D eigenvalue weighted by Gasteiger charge is 2.44. The molecule has 0 radical (unpaired) electrons. The van der Waals surface area contributed by atoms with Crippen LogP contribution in [-0.2, 0) is 14.3 Å². The molecule has 7 unspecified atom stereocenters. The minimum absolute atomic E-state index is 0.173. The molecule has 1 rings (SSSR count). The van der Waals surface area contributed by atoms with E-state index in [0.717, 1.165) is 51.4 Å². The Morgan fingerprint density at radius 2 is 0.776 bits per heavy atom. The van der Waals surface area contributed by atoms with Crippen LogP contribution >= 0.6 is 0 Å². The van der Waals surface area contributed by atoms with Gasteiger partial charge in [-0.2, -0.15) is 0 Å². The number of hydrogen-bond donors (Lipinski definition) is 6. The first-order valence-electron chi connectivity index (χ1n) is 32.9. The Morgan fingerprint density at radius 1 is 0.447 bits per heavy atom. The average Bonchev–Trinajstić information content (AvgIpc) is 3.42. The van der Waals surface area contributed by atoms with Crippen LogP contribution in [0.1, 0.15) is 316 Å². The Morgan fingerprint density at radius 3 is 1.14 bits per heavy atom. The van der Waals surface area contributed by atoms with Crippen LogP contribution in [0.2, 0.25) is 0 Å². The number of ether oxygens (including phenoxy) is 2. The normalized spacial score (nSPS) is 19.1. The zero-order valence-corrected chi connectivity index (χ0v) is 49.8. The van der Waals surface area contributed by atoms with Crippen molar-refractivity contribution in [3.63, 3.8) is 0 Å². The van der Waals surface area contributed by atoms with Gasteiger partial charge in [-0.05, 0) is 57.8 Å². The van der Waals surface area contributed by atoms with Gasteiger partial charge < -0.3 is 40.3 Å². The number of rotatable bonds is 57. The van der Waals surface area contributed by atoms with Gasteiger partial charge in [-0.15, -0.1) is 0 Å². The van der Waals surface area contributed by atoms with Crippen LogP contribution in [0.5, 0.6) is 0 Å². The van der Waals surface area contributed by atoms with Gasteiger partial charge in [0, 0.05) is 6.42 Å². The van der Waals surface area contributed by atoms with Gasteiger partial charge in [0.25, 0.3) is 0 Å². The summed E-state index contributed by atoms with van der Waals surface area (Å²) < 4.78 is 11.3. The van der Waals surface area contributed by atoms with Crippen LogP contribution < -0.4 is 5.32 Å². The van der Waals surface area contributed by atoms with Crippen molar-refractivity contribution < 1.29 is 39.8 Å². The molecule has 9 heteroatoms. The predicted molar refractivity (Wildman–Crippen MR) is 323 cm³/mol. The first-order valence-corrected chi connectivity index (χ1v) is 32.9. The molecule has 1 aliphatic heterocycles. The van der Waals surface area contributed by atoms with Crippen molar-refractivity contribution >= 4 is 5.91 Å². The summed E-state index contributed by atoms with van der Waals surface area (Å²) >= 11 is 0. The summed E-state index contributed by atoms with van der Waals surface area (Å²) in [6.07, 6.45) is 69.1. The Hall–Kier alpha value is -1.85. The topological polar surface area (TPSA) is 149 Å². The number of aliphatic hydroxyl groups is 5. The maximum atomic E-state index is 13.1. The van der Waals surface area contributed by atoms with Crippen molar-refractivity contribution in [1.82, 2.24) is 5.32 Å². The molecule has 1 aliphatic rings. The van der Waals surface area contributed by atoms with Gasteiger partial charge in [-0.3, -0.25) is 4.79 Å². The zero-order chi connectivity index (χ0) is 55.0. The summed E-state index contributed by atoms with van der Waals surface area (Å²) in [5.41, 5.74) is 0. The Balaban J connectivity index is 2.15. The van der Waals surface area contributed by atoms with Gasteiger partial charge in [0.2, 0.25) is 5.91 Å². The van der Waals surface area contributed by atoms with Gasteiger partial charge in [0.15, 0.2) is 6.29 Å². The molecule has 1 heterocycles. The molecule has 9 nitrogen and oxygen atoms in total. The molecule has 76 heavy (non-hydrogen) atoms. The van der Waals surface area contributed by atoms with Crippen LogP contribution in [0.3, 0.4) is 0 Å². The van der Waals surface area contributed by atoms with Crippen LogP contribution in [-0.4, -0.2) is 87.5 Å². The standard InChI is InChI=1S/C67H125NO8/c1-3-5-7-9-11-13-15-17-19-21-23-25-27-28-29-30-31-32-33-34-35-37-39-41-43-45-47-49-51-53-55-57-63(71)68-60(59-75-67-66(74)65(73)64(72)62(58-69)76-67)61(70)56-54-52-50-48-46-44-42-40-38-36-26-24-22-20-18-16-14-12-10-8-6-4-2/h15,17,21,23,27-28,54,56,60-62,64-67,69-70,72-74H,3-14,16,18-20,22,24-26,29-53,55,57-59H2,1-2H3,(H,68,71)/b17-15-,23-21-,28-27-,56-54+. The first kappa shape index (κ1) is 72.2. The molecule has 0 saturated carbocycles. The number of unbranched alkanes of at least 4 members (excludes halogenated alkanes) is 41. The smallest absolute Gasteiger partial charge is 0.220 e. The van der Waals surface area contributed by atoms with Gasteiger partial charge in [0.1, 0.15) is 24.4 Å². The molecule has 0 aromatic heterocycles. The number of nitrogens with one attached hydrogen (secondary N) is 1. The van der Waals surface area contributed by atoms with E-state index < -0.39 is 49.5 Å². The molecule has 1 fully saturated rings. The predicted octanol–water partition coefficient (Wildman–Crippen LogP) is 17.2. The number of amides is 1. The molecule has 6 N–H and O–H groups in total. The minimum atomic E-state index is -1.57. The third-order valence-corrected chi connectivity index (χ3v) is 15.6. The van der Waals surface area contributed by atoms with Crippen molar-refractivity contribution in [2.75, 3.05) is 13.2 Å². The van der Waals surface area contributed by atoms with E-state index in [-0.39, 0.29) is 12.5 Å². The second kappa shape index (κ2) is 56.4. The van der Waals surface area contributed by atoms with Crippen molar-refractivity contribution in [2.45, 2.75) is 358 Å². The molecular formula is C67H125NO8. The molecule has 0 aliphatic carbocycles. The molecule has 0 aromatic rings. The molecule has 1 saturated heterocycles. The van der Waals surface area contributed by atoms with E-state index in [9.17, 15) is 30.3 Å². The van der Waals surface area contributed by atoms with Gasteiger partial charge in [-0.25, -0.2) is 0 Å². The summed E-state index contributed by atoms with van der Waals surface area (Å²) in [4.78, 5) is 13.1. The summed E-state index contributed by atoms with van der Waals surface area (Å²) in [5.74, 6) is -0.173. The molecule has 0 bridgehead atoms. The van der Waals surface area contributed by atoms with E-state index in [1.165, 1.54) is 244 Å². The molecular weight excluding hydrogens is 947 g/mol. The lowest BCUT2D eigenvalue weighted by atomic mass is 9.99. The highest BCUT2D eigenvalue weighted by atomic mass is 16.7. The Labute approximate surface area is 469 Å². The Bertz CT molecular complexity index is 1340. The lowest BCUT2D eigenvalue weighted by molar-refractivity contribution is -0.302. The lowest BCUT2D eigenvalue weighted by Crippen LogP contribution is -2.60. The SMILES string of the molecule is CCCCCCC/C=C\C/C=C\C/C=C\CCCCCCCCCCCCCCCCCCC(=O)NC(COC1OC(CO)C(O)C(O)C1O)C(O)/C=C/CCCCCCCCCCCCCCCCCCCCCC. The van der Waals surface area contributed by atoms with Gasteiger partial charge >= 0.3 is 0 Å². The lowest BCUT2D eigenvalue weighted by Gasteiger charge is -2.40. The molecule has 7 atom stereocenters. The third kappa shape index (κ3) is 44.9. The maximum absolute atomic E-state index is 13.1. The fourth-order valence-electron chi connectivity index (χ4n) is 10.5. The summed E-state index contributed by atoms with van der Waals surface area (Å²) in [6, 6.07) is -0.806. The number of aliphatic hydroxyl groups excluding tert-OH is 5. The Kier molecular flexibility index (Phi) is 53.6. The van der Waals surface area contributed by atoms with Gasteiger partial charge in [0.05, 0.1) is 25.4 Å². The molecule has 446 valence electrons. The van der Waals surface area contributed by atoms with Crippen LogP contribution in [0.15, 0.2) is 48.6 Å². The average molecular weight is 1070 g/mol. The van der Waals surface area contributed by atoms with E-state index in [1.807, 2.05) is 6.08 Å². The molecule has 1 amide bonds. The minimum Gasteiger partial charge on any atom is -0.394 e. The highest BCUT2D eigenvalue weighted by Crippen LogP contribution is 2.23. The first-order chi connectivity index (χ1) is 37.3. The maximum Gasteiger partial charge on any atom is 0.220 e. The third-order valence-electron chi connectivity index (χ3n) is 15.6. The van der Waals surface area contributed by atoms with E-state index in [1.54, 1.807) is 6.08 Å². The summed E-state index contributed by atoms with van der Waals surface area (Å²) in [5, 5.41) is 54.7. The summed E-state index contributed by atoms with van der Waals surface area (Å²) in [7, 11) is 0. The van der Waals surface area contributed by atoms with Crippen molar-refractivity contribution in [2.24, 2.45) is 0 Å². The monoisotopic (exact) mass is 1070 g/mol. The van der Waals surface area contributed by atoms with Crippen molar-refractivity contribution in [3.05, 3.63) is 48.6 Å². The number of carbonyl (C=O) groups excluding carboxylic acids is 1. The summed E-state index contributed by atoms with van der Waals surface area (Å²) in [6.45, 7) is 3.81. The fourth-order valence-corrected chi connectivity index (χ4v) is 10.5. The largest absolute Gasteiger partial charge is 0.394 e. The fraction of sp³-hybridized carbons (Fsp3) is 0.866. The van der Waals surface area contributed by atoms with Crippen LogP contribution in [0.25, 0.3) is 0 Å². The van der Waals surface area contributed by atoms with E-state index in [2.05, 4.69) is 55.6 Å². The van der Waals surface area contributed by atoms with E-state index in [0.29, 0.717) is 6.42 Å². The second-order valence-corrected chi connectivity index (χ2v) is 22.9. The second-order valence-electron chi connectivity index (χ2n) is 22.9. The van der Waals surface area contributed by atoms with Crippen molar-refractivity contribution in [3.8, 4) is 0 Å². The molecule has 0 aromatic carbocycles. The van der Waals surface area contributed by atoms with E-state index >= 15 is 0 Å². The van der Waals surface area contributed by atoms with Crippen molar-refractivity contribution in [1.29, 1.82) is 0 Å². The zero-order valence-electron chi connectivity index (χ0n) is 49.8. The number of carbonyl (C=O) groups is 1. The van der Waals surface area contributed by atoms with E-state index in [4.69, 9.17) is 9.47 Å². The van der Waals surface area contributed by atoms with Gasteiger partial charge in [-0.1, -0.05) is 300 Å².